The maximum atomic E-state index is 12.3. The Bertz CT molecular complexity index is 548. The standard InChI is InChI=1S/C11H14Br2N2O2S/c1-7-4-9(6-14-7)15-18(16,17)11-5-8(12)2-3-10(11)13/h2-3,5,7,9,14-15H,4,6H2,1H3/t7-,9-/m1/s1. The van der Waals surface area contributed by atoms with E-state index in [-0.39, 0.29) is 10.9 Å². The lowest BCUT2D eigenvalue weighted by molar-refractivity contribution is 0.556. The first-order valence-corrected chi connectivity index (χ1v) is 8.66. The molecule has 0 saturated carbocycles. The van der Waals surface area contributed by atoms with Crippen molar-refractivity contribution in [3.63, 3.8) is 0 Å². The van der Waals surface area contributed by atoms with Crippen LogP contribution >= 0.6 is 31.9 Å². The molecule has 18 heavy (non-hydrogen) atoms. The highest BCUT2D eigenvalue weighted by atomic mass is 79.9. The summed E-state index contributed by atoms with van der Waals surface area (Å²) in [6.45, 7) is 2.72. The van der Waals surface area contributed by atoms with Crippen molar-refractivity contribution < 1.29 is 8.42 Å². The van der Waals surface area contributed by atoms with Crippen molar-refractivity contribution in [3.05, 3.63) is 27.1 Å². The van der Waals surface area contributed by atoms with Gasteiger partial charge >= 0.3 is 0 Å². The van der Waals surface area contributed by atoms with Crippen molar-refractivity contribution in [2.45, 2.75) is 30.3 Å². The molecule has 2 rings (SSSR count). The summed E-state index contributed by atoms with van der Waals surface area (Å²) in [7, 11) is -3.49. The Kier molecular flexibility index (Phi) is 4.48. The molecule has 1 fully saturated rings. The normalized spacial score (nSPS) is 24.4. The highest BCUT2D eigenvalue weighted by Crippen LogP contribution is 2.26. The number of benzene rings is 1. The fraction of sp³-hybridized carbons (Fsp3) is 0.455. The zero-order valence-corrected chi connectivity index (χ0v) is 13.8. The van der Waals surface area contributed by atoms with Crippen molar-refractivity contribution in [1.82, 2.24) is 10.0 Å². The van der Waals surface area contributed by atoms with E-state index in [0.29, 0.717) is 17.1 Å². The minimum Gasteiger partial charge on any atom is -0.313 e. The Hall–Kier alpha value is 0.0500. The van der Waals surface area contributed by atoms with Gasteiger partial charge in [-0.1, -0.05) is 15.9 Å². The van der Waals surface area contributed by atoms with Gasteiger partial charge in [0.2, 0.25) is 10.0 Å². The summed E-state index contributed by atoms with van der Waals surface area (Å²) in [5.41, 5.74) is 0. The average Bonchev–Trinajstić information content (AvgIpc) is 2.66. The van der Waals surface area contributed by atoms with Crippen LogP contribution < -0.4 is 10.0 Å². The van der Waals surface area contributed by atoms with E-state index in [1.807, 2.05) is 6.92 Å². The molecule has 1 saturated heterocycles. The quantitative estimate of drug-likeness (QED) is 0.822. The molecule has 4 nitrogen and oxygen atoms in total. The van der Waals surface area contributed by atoms with Crippen LogP contribution in [0, 0.1) is 0 Å². The zero-order valence-electron chi connectivity index (χ0n) is 9.78. The van der Waals surface area contributed by atoms with Crippen LogP contribution in [0.5, 0.6) is 0 Å². The molecule has 7 heteroatoms. The van der Waals surface area contributed by atoms with Gasteiger partial charge in [-0.2, -0.15) is 0 Å². The molecule has 0 amide bonds. The number of sulfonamides is 1. The van der Waals surface area contributed by atoms with Gasteiger partial charge in [-0.3, -0.25) is 0 Å². The number of hydrogen-bond donors (Lipinski definition) is 2. The predicted molar refractivity (Wildman–Crippen MR) is 78.0 cm³/mol. The van der Waals surface area contributed by atoms with Crippen LogP contribution in [0.4, 0.5) is 0 Å². The van der Waals surface area contributed by atoms with Crippen LogP contribution in [0.3, 0.4) is 0 Å². The molecular weight excluding hydrogens is 384 g/mol. The van der Waals surface area contributed by atoms with Crippen LogP contribution in [0.15, 0.2) is 32.0 Å². The maximum absolute atomic E-state index is 12.3. The van der Waals surface area contributed by atoms with Gasteiger partial charge in [-0.05, 0) is 47.5 Å². The predicted octanol–water partition coefficient (Wildman–Crippen LogP) is 2.24. The largest absolute Gasteiger partial charge is 0.313 e. The van der Waals surface area contributed by atoms with Gasteiger partial charge in [0, 0.05) is 27.6 Å². The average molecular weight is 398 g/mol. The topological polar surface area (TPSA) is 58.2 Å². The van der Waals surface area contributed by atoms with Crippen LogP contribution in [0.2, 0.25) is 0 Å². The van der Waals surface area contributed by atoms with Crippen LogP contribution in [-0.4, -0.2) is 27.0 Å². The van der Waals surface area contributed by atoms with Crippen molar-refractivity contribution in [2.24, 2.45) is 0 Å². The van der Waals surface area contributed by atoms with E-state index < -0.39 is 10.0 Å². The smallest absolute Gasteiger partial charge is 0.242 e. The van der Waals surface area contributed by atoms with Gasteiger partial charge in [0.15, 0.2) is 0 Å². The van der Waals surface area contributed by atoms with Crippen LogP contribution in [-0.2, 0) is 10.0 Å². The van der Waals surface area contributed by atoms with E-state index in [4.69, 9.17) is 0 Å². The van der Waals surface area contributed by atoms with Gasteiger partial charge in [0.05, 0.1) is 4.90 Å². The molecule has 0 spiro atoms. The Morgan fingerprint density at radius 1 is 1.39 bits per heavy atom. The molecule has 0 radical (unpaired) electrons. The lowest BCUT2D eigenvalue weighted by atomic mass is 10.2. The van der Waals surface area contributed by atoms with E-state index >= 15 is 0 Å². The van der Waals surface area contributed by atoms with E-state index in [1.165, 1.54) is 0 Å². The second-order valence-electron chi connectivity index (χ2n) is 4.44. The van der Waals surface area contributed by atoms with Crippen LogP contribution in [0.1, 0.15) is 13.3 Å². The zero-order chi connectivity index (χ0) is 13.3. The highest BCUT2D eigenvalue weighted by Gasteiger charge is 2.27. The fourth-order valence-corrected chi connectivity index (χ4v) is 4.74. The van der Waals surface area contributed by atoms with E-state index in [1.54, 1.807) is 18.2 Å². The summed E-state index contributed by atoms with van der Waals surface area (Å²) in [5, 5.41) is 3.22. The van der Waals surface area contributed by atoms with Crippen molar-refractivity contribution >= 4 is 41.9 Å². The van der Waals surface area contributed by atoms with Gasteiger partial charge in [-0.15, -0.1) is 0 Å². The van der Waals surface area contributed by atoms with Gasteiger partial charge in [0.1, 0.15) is 0 Å². The van der Waals surface area contributed by atoms with Gasteiger partial charge in [0.25, 0.3) is 0 Å². The Balaban J connectivity index is 2.23. The third kappa shape index (κ3) is 3.33. The Labute approximate surface area is 124 Å². The third-order valence-corrected chi connectivity index (χ3v) is 5.86. The summed E-state index contributed by atoms with van der Waals surface area (Å²) in [6, 6.07) is 5.41. The van der Waals surface area contributed by atoms with Crippen molar-refractivity contribution in [1.29, 1.82) is 0 Å². The highest BCUT2D eigenvalue weighted by molar-refractivity contribution is 9.11. The lowest BCUT2D eigenvalue weighted by Gasteiger charge is -2.13. The third-order valence-electron chi connectivity index (χ3n) is 2.86. The number of rotatable bonds is 3. The first kappa shape index (κ1) is 14.5. The molecule has 0 unspecified atom stereocenters. The fourth-order valence-electron chi connectivity index (χ4n) is 1.99. The van der Waals surface area contributed by atoms with Crippen LogP contribution in [0.25, 0.3) is 0 Å². The Morgan fingerprint density at radius 2 is 2.11 bits per heavy atom. The van der Waals surface area contributed by atoms with Gasteiger partial charge < -0.3 is 5.32 Å². The Morgan fingerprint density at radius 3 is 2.72 bits per heavy atom. The number of halogens is 2. The monoisotopic (exact) mass is 396 g/mol. The minimum atomic E-state index is -3.49. The molecule has 1 aromatic rings. The molecule has 2 N–H and O–H groups in total. The summed E-state index contributed by atoms with van der Waals surface area (Å²) >= 11 is 6.56. The molecule has 1 aromatic carbocycles. The molecule has 1 heterocycles. The summed E-state index contributed by atoms with van der Waals surface area (Å²) in [5.74, 6) is 0. The first-order chi connectivity index (χ1) is 8.38. The SMILES string of the molecule is C[C@@H]1C[C@@H](NS(=O)(=O)c2cc(Br)ccc2Br)CN1. The molecular formula is C11H14Br2N2O2S. The van der Waals surface area contributed by atoms with Gasteiger partial charge in [-0.25, -0.2) is 13.1 Å². The molecule has 2 atom stereocenters. The maximum Gasteiger partial charge on any atom is 0.242 e. The van der Waals surface area contributed by atoms with E-state index in [0.717, 1.165) is 10.9 Å². The molecule has 0 bridgehead atoms. The minimum absolute atomic E-state index is 0.0455. The molecule has 0 aliphatic carbocycles. The van der Waals surface area contributed by atoms with Crippen molar-refractivity contribution in [2.75, 3.05) is 6.54 Å². The molecule has 1 aliphatic rings. The van der Waals surface area contributed by atoms with Crippen molar-refractivity contribution in [3.8, 4) is 0 Å². The molecule has 0 aromatic heterocycles. The number of hydrogen-bond acceptors (Lipinski definition) is 3. The molecule has 1 aliphatic heterocycles. The second kappa shape index (κ2) is 5.58. The number of nitrogens with one attached hydrogen (secondary N) is 2. The van der Waals surface area contributed by atoms with E-state index in [9.17, 15) is 8.42 Å². The first-order valence-electron chi connectivity index (χ1n) is 5.59. The summed E-state index contributed by atoms with van der Waals surface area (Å²) in [4.78, 5) is 0.261. The summed E-state index contributed by atoms with van der Waals surface area (Å²) in [6.07, 6.45) is 0.810. The summed E-state index contributed by atoms with van der Waals surface area (Å²) < 4.78 is 28.6. The molecule has 100 valence electrons. The second-order valence-corrected chi connectivity index (χ2v) is 7.89. The lowest BCUT2D eigenvalue weighted by Crippen LogP contribution is -2.36. The van der Waals surface area contributed by atoms with E-state index in [2.05, 4.69) is 41.9 Å².